The fourth-order valence-electron chi connectivity index (χ4n) is 3.89. The van der Waals surface area contributed by atoms with Crippen LogP contribution in [-0.4, -0.2) is 53.6 Å². The SMILES string of the molecule is CCOc1ccc(CCN(C)CCCCNC(=O)C/C=C/c2ccc(-n3ccnc3)cc2)cc1C. The van der Waals surface area contributed by atoms with Crippen LogP contribution in [0, 0.1) is 6.92 Å². The minimum absolute atomic E-state index is 0.0653. The molecule has 0 aliphatic heterocycles. The number of amides is 1. The van der Waals surface area contributed by atoms with Gasteiger partial charge in [0.15, 0.2) is 0 Å². The lowest BCUT2D eigenvalue weighted by atomic mass is 10.1. The molecule has 2 aromatic carbocycles. The van der Waals surface area contributed by atoms with E-state index in [1.54, 1.807) is 12.5 Å². The molecular formula is C29H38N4O2. The highest BCUT2D eigenvalue weighted by Gasteiger charge is 2.04. The Morgan fingerprint density at radius 1 is 1.14 bits per heavy atom. The van der Waals surface area contributed by atoms with Crippen molar-refractivity contribution in [2.24, 2.45) is 0 Å². The highest BCUT2D eigenvalue weighted by atomic mass is 16.5. The number of rotatable bonds is 14. The molecule has 1 N–H and O–H groups in total. The van der Waals surface area contributed by atoms with Crippen LogP contribution in [0.2, 0.25) is 0 Å². The number of aromatic nitrogens is 2. The van der Waals surface area contributed by atoms with Crippen molar-refractivity contribution in [1.29, 1.82) is 0 Å². The maximum absolute atomic E-state index is 12.1. The Hall–Kier alpha value is -3.38. The smallest absolute Gasteiger partial charge is 0.223 e. The normalized spacial score (nSPS) is 11.3. The quantitative estimate of drug-likeness (QED) is 0.332. The molecule has 1 heterocycles. The first-order valence-corrected chi connectivity index (χ1v) is 12.5. The first kappa shape index (κ1) is 26.2. The van der Waals surface area contributed by atoms with Gasteiger partial charge in [-0.3, -0.25) is 4.79 Å². The summed E-state index contributed by atoms with van der Waals surface area (Å²) < 4.78 is 7.58. The number of aryl methyl sites for hydroxylation is 1. The van der Waals surface area contributed by atoms with E-state index in [-0.39, 0.29) is 5.91 Å². The Labute approximate surface area is 209 Å². The summed E-state index contributed by atoms with van der Waals surface area (Å²) in [5.74, 6) is 1.04. The Morgan fingerprint density at radius 3 is 2.69 bits per heavy atom. The lowest BCUT2D eigenvalue weighted by molar-refractivity contribution is -0.120. The van der Waals surface area contributed by atoms with E-state index in [1.165, 1.54) is 11.1 Å². The third kappa shape index (κ3) is 9.06. The molecule has 0 saturated heterocycles. The van der Waals surface area contributed by atoms with E-state index in [1.807, 2.05) is 54.1 Å². The summed E-state index contributed by atoms with van der Waals surface area (Å²) in [7, 11) is 2.16. The van der Waals surface area contributed by atoms with Crippen molar-refractivity contribution < 1.29 is 9.53 Å². The number of benzene rings is 2. The summed E-state index contributed by atoms with van der Waals surface area (Å²) in [5, 5.41) is 3.02. The largest absolute Gasteiger partial charge is 0.494 e. The average molecular weight is 475 g/mol. The van der Waals surface area contributed by atoms with Crippen LogP contribution in [0.3, 0.4) is 0 Å². The van der Waals surface area contributed by atoms with Gasteiger partial charge in [0.25, 0.3) is 0 Å². The predicted molar refractivity (Wildman–Crippen MR) is 143 cm³/mol. The van der Waals surface area contributed by atoms with Gasteiger partial charge in [-0.1, -0.05) is 36.4 Å². The monoisotopic (exact) mass is 474 g/mol. The molecule has 0 saturated carbocycles. The van der Waals surface area contributed by atoms with Crippen LogP contribution < -0.4 is 10.1 Å². The fourth-order valence-corrected chi connectivity index (χ4v) is 3.89. The van der Waals surface area contributed by atoms with E-state index in [0.29, 0.717) is 13.0 Å². The van der Waals surface area contributed by atoms with Crippen molar-refractivity contribution in [2.45, 2.75) is 39.5 Å². The molecule has 35 heavy (non-hydrogen) atoms. The summed E-state index contributed by atoms with van der Waals surface area (Å²) in [5.41, 5.74) is 4.67. The first-order chi connectivity index (χ1) is 17.0. The molecule has 3 aromatic rings. The number of likely N-dealkylation sites (N-methyl/N-ethyl adjacent to an activating group) is 1. The Balaban J connectivity index is 1.25. The number of nitrogens with zero attached hydrogens (tertiary/aromatic N) is 3. The highest BCUT2D eigenvalue weighted by molar-refractivity contribution is 5.78. The van der Waals surface area contributed by atoms with Gasteiger partial charge in [-0.05, 0) is 81.6 Å². The van der Waals surface area contributed by atoms with Gasteiger partial charge in [-0.25, -0.2) is 4.98 Å². The number of ether oxygens (including phenoxy) is 1. The van der Waals surface area contributed by atoms with Gasteiger partial charge in [-0.15, -0.1) is 0 Å². The summed E-state index contributed by atoms with van der Waals surface area (Å²) in [6.45, 7) is 7.58. The number of imidazole rings is 1. The Kier molecular flexibility index (Phi) is 10.6. The summed E-state index contributed by atoms with van der Waals surface area (Å²) in [6.07, 6.45) is 12.8. The number of hydrogen-bond acceptors (Lipinski definition) is 4. The van der Waals surface area contributed by atoms with Gasteiger partial charge in [0.2, 0.25) is 5.91 Å². The van der Waals surface area contributed by atoms with E-state index in [9.17, 15) is 4.79 Å². The Morgan fingerprint density at radius 2 is 1.97 bits per heavy atom. The minimum atomic E-state index is 0.0653. The molecule has 0 aliphatic rings. The number of nitrogens with one attached hydrogen (secondary N) is 1. The second-order valence-electron chi connectivity index (χ2n) is 8.81. The molecule has 0 radical (unpaired) electrons. The van der Waals surface area contributed by atoms with Gasteiger partial charge in [0.1, 0.15) is 5.75 Å². The maximum atomic E-state index is 12.1. The van der Waals surface area contributed by atoms with Gasteiger partial charge >= 0.3 is 0 Å². The molecule has 0 aliphatic carbocycles. The highest BCUT2D eigenvalue weighted by Crippen LogP contribution is 2.19. The van der Waals surface area contributed by atoms with E-state index < -0.39 is 0 Å². The number of carbonyl (C=O) groups is 1. The maximum Gasteiger partial charge on any atom is 0.223 e. The molecule has 6 nitrogen and oxygen atoms in total. The van der Waals surface area contributed by atoms with Crippen LogP contribution in [-0.2, 0) is 11.2 Å². The van der Waals surface area contributed by atoms with Gasteiger partial charge in [0, 0.05) is 37.6 Å². The number of hydrogen-bond donors (Lipinski definition) is 1. The van der Waals surface area contributed by atoms with Crippen molar-refractivity contribution in [2.75, 3.05) is 33.3 Å². The molecular weight excluding hydrogens is 436 g/mol. The minimum Gasteiger partial charge on any atom is -0.494 e. The van der Waals surface area contributed by atoms with Crippen LogP contribution in [0.5, 0.6) is 5.75 Å². The van der Waals surface area contributed by atoms with Crippen LogP contribution in [0.4, 0.5) is 0 Å². The second-order valence-corrected chi connectivity index (χ2v) is 8.81. The third-order valence-electron chi connectivity index (χ3n) is 5.92. The second kappa shape index (κ2) is 14.1. The molecule has 6 heteroatoms. The molecule has 0 unspecified atom stereocenters. The van der Waals surface area contributed by atoms with Crippen molar-refractivity contribution in [3.8, 4) is 11.4 Å². The molecule has 1 amide bonds. The molecule has 0 spiro atoms. The van der Waals surface area contributed by atoms with E-state index >= 15 is 0 Å². The predicted octanol–water partition coefficient (Wildman–Crippen LogP) is 5.05. The molecule has 0 atom stereocenters. The van der Waals surface area contributed by atoms with Crippen LogP contribution in [0.25, 0.3) is 11.8 Å². The zero-order valence-electron chi connectivity index (χ0n) is 21.2. The standard InChI is InChI=1S/C29H38N4O2/c1-4-35-28-15-12-26(22-24(28)2)16-20-32(3)19-6-5-17-31-29(34)9-7-8-25-10-13-27(14-11-25)33-21-18-30-23-33/h7-8,10-15,18,21-23H,4-6,9,16-17,19-20H2,1-3H3,(H,31,34)/b8-7+. The van der Waals surface area contributed by atoms with Gasteiger partial charge < -0.3 is 19.5 Å². The van der Waals surface area contributed by atoms with Gasteiger partial charge in [0.05, 0.1) is 12.9 Å². The fraction of sp³-hybridized carbons (Fsp3) is 0.379. The van der Waals surface area contributed by atoms with E-state index in [2.05, 4.69) is 47.4 Å². The average Bonchev–Trinajstić information content (AvgIpc) is 3.40. The van der Waals surface area contributed by atoms with Crippen molar-refractivity contribution >= 4 is 12.0 Å². The van der Waals surface area contributed by atoms with E-state index in [0.717, 1.165) is 55.9 Å². The van der Waals surface area contributed by atoms with Crippen LogP contribution >= 0.6 is 0 Å². The topological polar surface area (TPSA) is 59.4 Å². The number of carbonyl (C=O) groups excluding carboxylic acids is 1. The van der Waals surface area contributed by atoms with Crippen molar-refractivity contribution in [3.63, 3.8) is 0 Å². The summed E-state index contributed by atoms with van der Waals surface area (Å²) in [6, 6.07) is 14.6. The van der Waals surface area contributed by atoms with Crippen molar-refractivity contribution in [1.82, 2.24) is 19.8 Å². The molecule has 1 aromatic heterocycles. The zero-order chi connectivity index (χ0) is 24.9. The molecule has 186 valence electrons. The summed E-state index contributed by atoms with van der Waals surface area (Å²) in [4.78, 5) is 18.5. The Bertz CT molecular complexity index is 1060. The zero-order valence-corrected chi connectivity index (χ0v) is 21.2. The lowest BCUT2D eigenvalue weighted by Gasteiger charge is -2.17. The van der Waals surface area contributed by atoms with Crippen molar-refractivity contribution in [3.05, 3.63) is 84.0 Å². The van der Waals surface area contributed by atoms with Gasteiger partial charge in [-0.2, -0.15) is 0 Å². The van der Waals surface area contributed by atoms with Crippen LogP contribution in [0.15, 0.2) is 67.3 Å². The molecule has 0 bridgehead atoms. The van der Waals surface area contributed by atoms with Crippen LogP contribution in [0.1, 0.15) is 42.9 Å². The van der Waals surface area contributed by atoms with E-state index in [4.69, 9.17) is 4.74 Å². The first-order valence-electron chi connectivity index (χ1n) is 12.5. The molecule has 3 rings (SSSR count). The lowest BCUT2D eigenvalue weighted by Crippen LogP contribution is -2.26. The number of unbranched alkanes of at least 4 members (excludes halogenated alkanes) is 1. The summed E-state index contributed by atoms with van der Waals surface area (Å²) >= 11 is 0. The molecule has 0 fully saturated rings. The third-order valence-corrected chi connectivity index (χ3v) is 5.92.